The molecule has 3 heteroatoms. The van der Waals surface area contributed by atoms with Crippen LogP contribution in [0.2, 0.25) is 0 Å². The van der Waals surface area contributed by atoms with Crippen LogP contribution in [-0.4, -0.2) is 23.0 Å². The summed E-state index contributed by atoms with van der Waals surface area (Å²) in [6.07, 6.45) is 5.43. The molecule has 0 saturated carbocycles. The molecule has 1 atom stereocenters. The van der Waals surface area contributed by atoms with Crippen molar-refractivity contribution in [2.45, 2.75) is 58.5 Å². The third kappa shape index (κ3) is 2.82. The molecule has 110 valence electrons. The Labute approximate surface area is 122 Å². The molecule has 2 rings (SSSR count). The highest BCUT2D eigenvalue weighted by molar-refractivity contribution is 6.02. The van der Waals surface area contributed by atoms with Crippen molar-refractivity contribution in [1.29, 1.82) is 0 Å². The highest BCUT2D eigenvalue weighted by Crippen LogP contribution is 2.34. The molecule has 1 aromatic rings. The molecule has 0 fully saturated rings. The van der Waals surface area contributed by atoms with Gasteiger partial charge in [0.1, 0.15) is 5.66 Å². The number of carbonyl (C=O) groups excluding carboxylic acids is 1. The third-order valence-corrected chi connectivity index (χ3v) is 4.15. The zero-order chi connectivity index (χ0) is 14.6. The quantitative estimate of drug-likeness (QED) is 0.840. The van der Waals surface area contributed by atoms with E-state index in [-0.39, 0.29) is 11.6 Å². The topological polar surface area (TPSA) is 32.3 Å². The molecule has 1 N–H and O–H groups in total. The first-order chi connectivity index (χ1) is 9.62. The summed E-state index contributed by atoms with van der Waals surface area (Å²) in [6.45, 7) is 7.35. The Hall–Kier alpha value is -1.51. The molecule has 0 saturated heterocycles. The summed E-state index contributed by atoms with van der Waals surface area (Å²) in [5.74, 6) is 0.173. The van der Waals surface area contributed by atoms with Crippen molar-refractivity contribution in [1.82, 2.24) is 4.90 Å². The number of amides is 1. The maximum absolute atomic E-state index is 12.8. The minimum absolute atomic E-state index is 0.173. The van der Waals surface area contributed by atoms with Crippen LogP contribution < -0.4 is 5.32 Å². The summed E-state index contributed by atoms with van der Waals surface area (Å²) in [5.41, 5.74) is 1.53. The number of carbonyl (C=O) groups is 1. The van der Waals surface area contributed by atoms with Crippen molar-refractivity contribution >= 4 is 11.6 Å². The van der Waals surface area contributed by atoms with Crippen molar-refractivity contribution < 1.29 is 4.79 Å². The standard InChI is InChI=1S/C17H26N2O/c1-4-6-12-17(3)18-15-11-9-8-10-14(15)16(20)19(17)13-7-5-2/h8-11,18H,4-7,12-13H2,1-3H3. The first-order valence-electron chi connectivity index (χ1n) is 7.81. The molecular weight excluding hydrogens is 248 g/mol. The number of fused-ring (bicyclic) bond motifs is 1. The van der Waals surface area contributed by atoms with E-state index >= 15 is 0 Å². The molecule has 0 radical (unpaired) electrons. The zero-order valence-corrected chi connectivity index (χ0v) is 12.9. The number of para-hydroxylation sites is 1. The van der Waals surface area contributed by atoms with E-state index in [4.69, 9.17) is 0 Å². The molecule has 20 heavy (non-hydrogen) atoms. The van der Waals surface area contributed by atoms with E-state index < -0.39 is 0 Å². The van der Waals surface area contributed by atoms with Crippen molar-refractivity contribution in [3.8, 4) is 0 Å². The van der Waals surface area contributed by atoms with Gasteiger partial charge in [-0.2, -0.15) is 0 Å². The van der Waals surface area contributed by atoms with Gasteiger partial charge in [0, 0.05) is 12.2 Å². The Bertz CT molecular complexity index is 472. The van der Waals surface area contributed by atoms with Gasteiger partial charge in [-0.15, -0.1) is 0 Å². The Morgan fingerprint density at radius 3 is 2.55 bits per heavy atom. The van der Waals surface area contributed by atoms with Crippen molar-refractivity contribution in [3.05, 3.63) is 29.8 Å². The zero-order valence-electron chi connectivity index (χ0n) is 12.9. The molecule has 3 nitrogen and oxygen atoms in total. The fraction of sp³-hybridized carbons (Fsp3) is 0.588. The van der Waals surface area contributed by atoms with Crippen LogP contribution in [0.3, 0.4) is 0 Å². The van der Waals surface area contributed by atoms with Crippen LogP contribution in [0, 0.1) is 0 Å². The van der Waals surface area contributed by atoms with Gasteiger partial charge in [0.2, 0.25) is 0 Å². The van der Waals surface area contributed by atoms with Gasteiger partial charge >= 0.3 is 0 Å². The van der Waals surface area contributed by atoms with Crippen LogP contribution in [0.1, 0.15) is 63.2 Å². The van der Waals surface area contributed by atoms with E-state index in [1.165, 1.54) is 0 Å². The smallest absolute Gasteiger partial charge is 0.257 e. The van der Waals surface area contributed by atoms with Crippen molar-refractivity contribution in [2.24, 2.45) is 0 Å². The number of hydrogen-bond acceptors (Lipinski definition) is 2. The van der Waals surface area contributed by atoms with Gasteiger partial charge in [-0.05, 0) is 38.3 Å². The number of unbranched alkanes of at least 4 members (excludes halogenated alkanes) is 2. The van der Waals surface area contributed by atoms with Gasteiger partial charge in [0.05, 0.1) is 5.56 Å². The van der Waals surface area contributed by atoms with E-state index in [1.807, 2.05) is 29.2 Å². The molecule has 1 unspecified atom stereocenters. The SMILES string of the molecule is CCCCN1C(=O)c2ccccc2NC1(C)CCCC. The number of hydrogen-bond donors (Lipinski definition) is 1. The number of rotatable bonds is 6. The van der Waals surface area contributed by atoms with E-state index in [1.54, 1.807) is 0 Å². The van der Waals surface area contributed by atoms with Crippen LogP contribution in [0.4, 0.5) is 5.69 Å². The monoisotopic (exact) mass is 274 g/mol. The average molecular weight is 274 g/mol. The molecule has 0 aliphatic carbocycles. The lowest BCUT2D eigenvalue weighted by atomic mass is 9.95. The number of anilines is 1. The van der Waals surface area contributed by atoms with Crippen LogP contribution in [0.15, 0.2) is 24.3 Å². The van der Waals surface area contributed by atoms with Gasteiger partial charge in [-0.3, -0.25) is 4.79 Å². The summed E-state index contributed by atoms with van der Waals surface area (Å²) in [6, 6.07) is 7.85. The lowest BCUT2D eigenvalue weighted by Gasteiger charge is -2.46. The fourth-order valence-electron chi connectivity index (χ4n) is 2.89. The lowest BCUT2D eigenvalue weighted by molar-refractivity contribution is 0.0514. The molecule has 0 aromatic heterocycles. The minimum Gasteiger partial charge on any atom is -0.362 e. The second-order valence-corrected chi connectivity index (χ2v) is 5.86. The molecule has 0 spiro atoms. The summed E-state index contributed by atoms with van der Waals surface area (Å²) >= 11 is 0. The Morgan fingerprint density at radius 2 is 1.85 bits per heavy atom. The van der Waals surface area contributed by atoms with Crippen LogP contribution in [0.5, 0.6) is 0 Å². The maximum Gasteiger partial charge on any atom is 0.257 e. The third-order valence-electron chi connectivity index (χ3n) is 4.15. The number of benzene rings is 1. The van der Waals surface area contributed by atoms with Gasteiger partial charge in [0.25, 0.3) is 5.91 Å². The predicted molar refractivity (Wildman–Crippen MR) is 83.9 cm³/mol. The van der Waals surface area contributed by atoms with Gasteiger partial charge in [-0.25, -0.2) is 0 Å². The second-order valence-electron chi connectivity index (χ2n) is 5.86. The lowest BCUT2D eigenvalue weighted by Crippen LogP contribution is -2.58. The van der Waals surface area contributed by atoms with Crippen LogP contribution in [-0.2, 0) is 0 Å². The van der Waals surface area contributed by atoms with Crippen LogP contribution >= 0.6 is 0 Å². The fourth-order valence-corrected chi connectivity index (χ4v) is 2.89. The highest BCUT2D eigenvalue weighted by atomic mass is 16.2. The first kappa shape index (κ1) is 14.9. The molecule has 1 aromatic carbocycles. The normalized spacial score (nSPS) is 21.6. The summed E-state index contributed by atoms with van der Waals surface area (Å²) < 4.78 is 0. The molecule has 1 aliphatic rings. The minimum atomic E-state index is -0.253. The van der Waals surface area contributed by atoms with E-state index in [0.717, 1.165) is 49.9 Å². The summed E-state index contributed by atoms with van der Waals surface area (Å²) in [7, 11) is 0. The molecule has 0 bridgehead atoms. The molecule has 1 amide bonds. The summed E-state index contributed by atoms with van der Waals surface area (Å²) in [5, 5.41) is 3.60. The first-order valence-corrected chi connectivity index (χ1v) is 7.81. The summed E-state index contributed by atoms with van der Waals surface area (Å²) in [4.78, 5) is 14.8. The number of nitrogens with zero attached hydrogens (tertiary/aromatic N) is 1. The highest BCUT2D eigenvalue weighted by Gasteiger charge is 2.39. The Kier molecular flexibility index (Phi) is 4.69. The molecule has 1 heterocycles. The average Bonchev–Trinajstić information content (AvgIpc) is 2.45. The number of nitrogens with one attached hydrogen (secondary N) is 1. The second kappa shape index (κ2) is 6.29. The van der Waals surface area contributed by atoms with E-state index in [9.17, 15) is 4.79 Å². The van der Waals surface area contributed by atoms with E-state index in [2.05, 4.69) is 26.1 Å². The largest absolute Gasteiger partial charge is 0.362 e. The Balaban J connectivity index is 2.31. The van der Waals surface area contributed by atoms with E-state index in [0.29, 0.717) is 0 Å². The predicted octanol–water partition coefficient (Wildman–Crippen LogP) is 4.26. The van der Waals surface area contributed by atoms with Gasteiger partial charge in [0.15, 0.2) is 0 Å². The molecular formula is C17H26N2O. The van der Waals surface area contributed by atoms with Crippen molar-refractivity contribution in [2.75, 3.05) is 11.9 Å². The van der Waals surface area contributed by atoms with Gasteiger partial charge < -0.3 is 10.2 Å². The molecule has 1 aliphatic heterocycles. The maximum atomic E-state index is 12.8. The van der Waals surface area contributed by atoms with Crippen LogP contribution in [0.25, 0.3) is 0 Å². The van der Waals surface area contributed by atoms with Crippen molar-refractivity contribution in [3.63, 3.8) is 0 Å². The Morgan fingerprint density at radius 1 is 1.15 bits per heavy atom. The van der Waals surface area contributed by atoms with Gasteiger partial charge in [-0.1, -0.05) is 38.8 Å².